The first kappa shape index (κ1) is 26.8. The highest BCUT2D eigenvalue weighted by Crippen LogP contribution is 2.27. The summed E-state index contributed by atoms with van der Waals surface area (Å²) in [5.74, 6) is 0.285. The van der Waals surface area contributed by atoms with E-state index in [1.54, 1.807) is 42.5 Å². The number of imidazole rings is 1. The van der Waals surface area contributed by atoms with E-state index in [9.17, 15) is 13.2 Å². The average molecular weight is 538 g/mol. The Hall–Kier alpha value is -3.30. The molecule has 0 bridgehead atoms. The van der Waals surface area contributed by atoms with E-state index in [-0.39, 0.29) is 17.4 Å². The van der Waals surface area contributed by atoms with Gasteiger partial charge in [0.15, 0.2) is 5.16 Å². The molecule has 4 rings (SSSR count). The molecule has 0 radical (unpaired) electrons. The maximum atomic E-state index is 13.5. The van der Waals surface area contributed by atoms with Crippen molar-refractivity contribution in [1.29, 1.82) is 0 Å². The van der Waals surface area contributed by atoms with Gasteiger partial charge in [-0.15, -0.1) is 0 Å². The number of carbonyl (C=O) groups is 1. The average Bonchev–Trinajstić information content (AvgIpc) is 3.20. The SMILES string of the molecule is CC(C)(C)OC(=O)Cn1c(SCCCN(c2ccccc2)S(=O)(=O)c2ccccc2)nc2ccccc21. The van der Waals surface area contributed by atoms with Crippen LogP contribution in [-0.4, -0.2) is 41.8 Å². The van der Waals surface area contributed by atoms with Crippen molar-refractivity contribution in [2.24, 2.45) is 0 Å². The van der Waals surface area contributed by atoms with Crippen LogP contribution >= 0.6 is 11.8 Å². The number of nitrogens with zero attached hydrogens (tertiary/aromatic N) is 3. The third-order valence-corrected chi connectivity index (χ3v) is 8.34. The summed E-state index contributed by atoms with van der Waals surface area (Å²) < 4.78 is 35.8. The zero-order chi connectivity index (χ0) is 26.5. The lowest BCUT2D eigenvalue weighted by atomic mass is 10.2. The number of anilines is 1. The summed E-state index contributed by atoms with van der Waals surface area (Å²) in [6, 6.07) is 25.3. The Morgan fingerprint density at radius 3 is 2.24 bits per heavy atom. The van der Waals surface area contributed by atoms with Crippen molar-refractivity contribution in [2.75, 3.05) is 16.6 Å². The number of benzene rings is 3. The molecule has 9 heteroatoms. The minimum absolute atomic E-state index is 0.0542. The minimum atomic E-state index is -3.72. The van der Waals surface area contributed by atoms with Gasteiger partial charge in [0.1, 0.15) is 12.1 Å². The van der Waals surface area contributed by atoms with E-state index in [1.807, 2.05) is 67.8 Å². The summed E-state index contributed by atoms with van der Waals surface area (Å²) in [4.78, 5) is 17.6. The van der Waals surface area contributed by atoms with Crippen molar-refractivity contribution in [1.82, 2.24) is 9.55 Å². The number of fused-ring (bicyclic) bond motifs is 1. The van der Waals surface area contributed by atoms with Gasteiger partial charge in [-0.2, -0.15) is 0 Å². The fourth-order valence-corrected chi connectivity index (χ4v) is 6.35. The highest BCUT2D eigenvalue weighted by Gasteiger charge is 2.25. The van der Waals surface area contributed by atoms with Crippen LogP contribution in [0.1, 0.15) is 27.2 Å². The van der Waals surface area contributed by atoms with Gasteiger partial charge >= 0.3 is 5.97 Å². The van der Waals surface area contributed by atoms with Gasteiger partial charge in [-0.1, -0.05) is 60.3 Å². The lowest BCUT2D eigenvalue weighted by Gasteiger charge is -2.24. The van der Waals surface area contributed by atoms with Crippen LogP contribution in [0.2, 0.25) is 0 Å². The second kappa shape index (κ2) is 11.4. The third-order valence-electron chi connectivity index (χ3n) is 5.44. The lowest BCUT2D eigenvalue weighted by Crippen LogP contribution is -2.32. The van der Waals surface area contributed by atoms with Crippen LogP contribution in [-0.2, 0) is 26.1 Å². The zero-order valence-electron chi connectivity index (χ0n) is 21.2. The third kappa shape index (κ3) is 6.72. The van der Waals surface area contributed by atoms with Gasteiger partial charge in [0.05, 0.1) is 21.6 Å². The molecule has 0 aliphatic rings. The van der Waals surface area contributed by atoms with Gasteiger partial charge in [0.25, 0.3) is 10.0 Å². The molecule has 1 heterocycles. The van der Waals surface area contributed by atoms with Crippen LogP contribution in [0.15, 0.2) is 95.0 Å². The molecule has 0 N–H and O–H groups in total. The second-order valence-corrected chi connectivity index (χ2v) is 12.4. The molecule has 0 atom stereocenters. The first-order chi connectivity index (χ1) is 17.6. The number of thioether (sulfide) groups is 1. The van der Waals surface area contributed by atoms with Crippen molar-refractivity contribution in [3.63, 3.8) is 0 Å². The summed E-state index contributed by atoms with van der Waals surface area (Å²) in [5.41, 5.74) is 1.69. The molecule has 3 aromatic carbocycles. The Morgan fingerprint density at radius 2 is 1.57 bits per heavy atom. The Morgan fingerprint density at radius 1 is 0.946 bits per heavy atom. The zero-order valence-corrected chi connectivity index (χ0v) is 22.8. The molecule has 0 aliphatic carbocycles. The predicted octanol–water partition coefficient (Wildman–Crippen LogP) is 5.76. The number of carbonyl (C=O) groups excluding carboxylic acids is 1. The van der Waals surface area contributed by atoms with Gasteiger partial charge in [-0.25, -0.2) is 13.4 Å². The molecule has 0 unspecified atom stereocenters. The van der Waals surface area contributed by atoms with Crippen molar-refractivity contribution >= 4 is 44.5 Å². The molecular weight excluding hydrogens is 506 g/mol. The first-order valence-corrected chi connectivity index (χ1v) is 14.5. The molecular formula is C28H31N3O4S2. The summed E-state index contributed by atoms with van der Waals surface area (Å²) in [7, 11) is -3.72. The molecule has 0 fully saturated rings. The van der Waals surface area contributed by atoms with Gasteiger partial charge in [0, 0.05) is 12.3 Å². The van der Waals surface area contributed by atoms with E-state index in [4.69, 9.17) is 9.72 Å². The molecule has 7 nitrogen and oxygen atoms in total. The first-order valence-electron chi connectivity index (χ1n) is 12.1. The van der Waals surface area contributed by atoms with E-state index >= 15 is 0 Å². The summed E-state index contributed by atoms with van der Waals surface area (Å²) in [5, 5.41) is 0.698. The van der Waals surface area contributed by atoms with Crippen molar-refractivity contribution in [3.8, 4) is 0 Å². The summed E-state index contributed by atoms with van der Waals surface area (Å²) in [6.07, 6.45) is 0.585. The van der Waals surface area contributed by atoms with E-state index in [0.717, 1.165) is 11.0 Å². The molecule has 1 aromatic heterocycles. The van der Waals surface area contributed by atoms with Crippen LogP contribution in [0.25, 0.3) is 11.0 Å². The topological polar surface area (TPSA) is 81.5 Å². The fraction of sp³-hybridized carbons (Fsp3) is 0.286. The van der Waals surface area contributed by atoms with Crippen LogP contribution in [0.5, 0.6) is 0 Å². The summed E-state index contributed by atoms with van der Waals surface area (Å²) in [6.45, 7) is 5.89. The number of rotatable bonds is 10. The van der Waals surface area contributed by atoms with E-state index < -0.39 is 15.6 Å². The van der Waals surface area contributed by atoms with Crippen molar-refractivity contribution in [3.05, 3.63) is 84.9 Å². The van der Waals surface area contributed by atoms with E-state index in [0.29, 0.717) is 29.6 Å². The molecule has 0 amide bonds. The van der Waals surface area contributed by atoms with Gasteiger partial charge in [0.2, 0.25) is 0 Å². The smallest absolute Gasteiger partial charge is 0.326 e. The number of aromatic nitrogens is 2. The molecule has 4 aromatic rings. The lowest BCUT2D eigenvalue weighted by molar-refractivity contribution is -0.155. The Kier molecular flexibility index (Phi) is 8.24. The number of hydrogen-bond acceptors (Lipinski definition) is 6. The Balaban J connectivity index is 1.50. The highest BCUT2D eigenvalue weighted by atomic mass is 32.2. The Bertz CT molecular complexity index is 1450. The molecule has 0 spiro atoms. The van der Waals surface area contributed by atoms with Crippen LogP contribution in [0.4, 0.5) is 5.69 Å². The maximum absolute atomic E-state index is 13.5. The van der Waals surface area contributed by atoms with Gasteiger partial charge in [-0.05, 0) is 63.6 Å². The Labute approximate surface area is 222 Å². The minimum Gasteiger partial charge on any atom is -0.459 e. The number of esters is 1. The van der Waals surface area contributed by atoms with Crippen LogP contribution in [0.3, 0.4) is 0 Å². The number of ether oxygens (including phenoxy) is 1. The molecule has 0 saturated heterocycles. The molecule has 0 aliphatic heterocycles. The van der Waals surface area contributed by atoms with Gasteiger partial charge < -0.3 is 9.30 Å². The predicted molar refractivity (Wildman–Crippen MR) is 148 cm³/mol. The largest absolute Gasteiger partial charge is 0.459 e. The van der Waals surface area contributed by atoms with Crippen molar-refractivity contribution < 1.29 is 17.9 Å². The van der Waals surface area contributed by atoms with Crippen molar-refractivity contribution in [2.45, 2.75) is 49.4 Å². The number of hydrogen-bond donors (Lipinski definition) is 0. The second-order valence-electron chi connectivity index (χ2n) is 9.48. The number of sulfonamides is 1. The standard InChI is InChI=1S/C28H31N3O4S2/c1-28(2,3)35-26(32)21-30-25-18-11-10-17-24(25)29-27(30)36-20-12-19-31(22-13-6-4-7-14-22)37(33,34)23-15-8-5-9-16-23/h4-11,13-18H,12,19-21H2,1-3H3. The molecule has 0 saturated carbocycles. The van der Waals surface area contributed by atoms with E-state index in [1.165, 1.54) is 16.1 Å². The summed E-state index contributed by atoms with van der Waals surface area (Å²) >= 11 is 1.50. The van der Waals surface area contributed by atoms with Crippen LogP contribution < -0.4 is 4.31 Å². The normalized spacial score (nSPS) is 12.0. The van der Waals surface area contributed by atoms with Crippen LogP contribution in [0, 0.1) is 0 Å². The number of para-hydroxylation sites is 3. The molecule has 194 valence electrons. The quantitative estimate of drug-likeness (QED) is 0.145. The molecule has 37 heavy (non-hydrogen) atoms. The highest BCUT2D eigenvalue weighted by molar-refractivity contribution is 7.99. The monoisotopic (exact) mass is 537 g/mol. The van der Waals surface area contributed by atoms with Gasteiger partial charge in [-0.3, -0.25) is 9.10 Å². The van der Waals surface area contributed by atoms with E-state index in [2.05, 4.69) is 0 Å². The fourth-order valence-electron chi connectivity index (χ4n) is 3.89. The maximum Gasteiger partial charge on any atom is 0.326 e.